The summed E-state index contributed by atoms with van der Waals surface area (Å²) in [6.45, 7) is -0.486. The van der Waals surface area contributed by atoms with Crippen LogP contribution in [0.3, 0.4) is 0 Å². The summed E-state index contributed by atoms with van der Waals surface area (Å²) in [6.07, 6.45) is -5.25. The Hall–Kier alpha value is -0.820. The van der Waals surface area contributed by atoms with Gasteiger partial charge in [-0.1, -0.05) is 0 Å². The molecular weight excluding hydrogens is 189 g/mol. The Morgan fingerprint density at radius 1 is 1.38 bits per heavy atom. The third-order valence-corrected chi connectivity index (χ3v) is 1.16. The Kier molecular flexibility index (Phi) is 5.40. The second kappa shape index (κ2) is 5.76. The highest BCUT2D eigenvalue weighted by Gasteiger charge is 2.26. The normalized spacial score (nSPS) is 11.4. The number of halogens is 3. The first-order valence-corrected chi connectivity index (χ1v) is 3.59. The number of carbonyl (C=O) groups excluding carboxylic acids is 1. The average Bonchev–Trinajstić information content (AvgIpc) is 2.01. The summed E-state index contributed by atoms with van der Waals surface area (Å²) in [6, 6.07) is 0. The van der Waals surface area contributed by atoms with Crippen molar-refractivity contribution < 1.29 is 22.7 Å². The van der Waals surface area contributed by atoms with Crippen LogP contribution in [-0.2, 0) is 9.53 Å². The molecule has 0 saturated heterocycles. The molecule has 0 radical (unpaired) electrons. The molecule has 0 heterocycles. The predicted molar refractivity (Wildman–Crippen MR) is 38.4 cm³/mol. The highest BCUT2D eigenvalue weighted by atomic mass is 19.4. The standard InChI is InChI=1S/C6H11F3N2O2/c7-6(8,9)2-4-13-3-1-5(12)11-10/h1-4,10H2,(H,11,12). The SMILES string of the molecule is NNC(=O)CCOCCC(F)(F)F. The van der Waals surface area contributed by atoms with Crippen LogP contribution >= 0.6 is 0 Å². The Labute approximate surface area is 73.2 Å². The molecule has 0 bridgehead atoms. The van der Waals surface area contributed by atoms with Crippen molar-refractivity contribution in [3.05, 3.63) is 0 Å². The van der Waals surface area contributed by atoms with Crippen LogP contribution in [0.1, 0.15) is 12.8 Å². The molecule has 0 unspecified atom stereocenters. The number of hydrogen-bond acceptors (Lipinski definition) is 3. The molecule has 3 N–H and O–H groups in total. The van der Waals surface area contributed by atoms with E-state index in [9.17, 15) is 18.0 Å². The summed E-state index contributed by atoms with van der Waals surface area (Å²) in [4.78, 5) is 10.4. The molecule has 0 aliphatic heterocycles. The number of amides is 1. The molecule has 0 fully saturated rings. The molecule has 0 aromatic rings. The van der Waals surface area contributed by atoms with Gasteiger partial charge >= 0.3 is 6.18 Å². The molecule has 0 atom stereocenters. The fourth-order valence-electron chi connectivity index (χ4n) is 0.527. The van der Waals surface area contributed by atoms with Crippen molar-refractivity contribution >= 4 is 5.91 Å². The highest BCUT2D eigenvalue weighted by molar-refractivity contribution is 5.75. The number of nitrogens with one attached hydrogen (secondary N) is 1. The van der Waals surface area contributed by atoms with Crippen molar-refractivity contribution in [2.24, 2.45) is 5.84 Å². The van der Waals surface area contributed by atoms with Crippen molar-refractivity contribution in [3.63, 3.8) is 0 Å². The van der Waals surface area contributed by atoms with Crippen LogP contribution in [0.25, 0.3) is 0 Å². The van der Waals surface area contributed by atoms with E-state index in [1.54, 1.807) is 0 Å². The molecule has 13 heavy (non-hydrogen) atoms. The van der Waals surface area contributed by atoms with E-state index in [4.69, 9.17) is 5.84 Å². The highest BCUT2D eigenvalue weighted by Crippen LogP contribution is 2.18. The number of rotatable bonds is 5. The molecule has 0 aliphatic carbocycles. The number of carbonyl (C=O) groups is 1. The first-order chi connectivity index (χ1) is 5.95. The minimum atomic E-state index is -4.21. The van der Waals surface area contributed by atoms with Gasteiger partial charge in [0, 0.05) is 0 Å². The molecule has 78 valence electrons. The van der Waals surface area contributed by atoms with Gasteiger partial charge in [0.25, 0.3) is 0 Å². The summed E-state index contributed by atoms with van der Waals surface area (Å²) < 4.78 is 39.1. The number of hydrazine groups is 1. The van der Waals surface area contributed by atoms with Gasteiger partial charge < -0.3 is 4.74 Å². The molecule has 0 rings (SSSR count). The fourth-order valence-corrected chi connectivity index (χ4v) is 0.527. The smallest absolute Gasteiger partial charge is 0.381 e. The summed E-state index contributed by atoms with van der Waals surface area (Å²) in [5.41, 5.74) is 1.83. The quantitative estimate of drug-likeness (QED) is 0.291. The van der Waals surface area contributed by atoms with E-state index in [1.165, 1.54) is 0 Å². The van der Waals surface area contributed by atoms with Gasteiger partial charge in [-0.15, -0.1) is 0 Å². The zero-order valence-electron chi connectivity index (χ0n) is 6.86. The predicted octanol–water partition coefficient (Wildman–Crippen LogP) is 0.335. The second-order valence-corrected chi connectivity index (χ2v) is 2.30. The minimum Gasteiger partial charge on any atom is -0.381 e. The molecule has 0 saturated carbocycles. The third kappa shape index (κ3) is 9.09. The molecule has 0 aromatic carbocycles. The Balaban J connectivity index is 3.22. The lowest BCUT2D eigenvalue weighted by Crippen LogP contribution is -2.30. The van der Waals surface area contributed by atoms with Gasteiger partial charge in [-0.05, 0) is 0 Å². The van der Waals surface area contributed by atoms with Gasteiger partial charge in [-0.3, -0.25) is 10.2 Å². The maximum absolute atomic E-state index is 11.5. The zero-order valence-corrected chi connectivity index (χ0v) is 6.86. The third-order valence-electron chi connectivity index (χ3n) is 1.16. The lowest BCUT2D eigenvalue weighted by atomic mass is 10.4. The first-order valence-electron chi connectivity index (χ1n) is 3.59. The molecule has 0 spiro atoms. The molecule has 0 aliphatic rings. The van der Waals surface area contributed by atoms with E-state index < -0.39 is 25.1 Å². The van der Waals surface area contributed by atoms with E-state index in [1.807, 2.05) is 5.43 Å². The van der Waals surface area contributed by atoms with Crippen molar-refractivity contribution in [1.82, 2.24) is 5.43 Å². The number of ether oxygens (including phenoxy) is 1. The summed E-state index contributed by atoms with van der Waals surface area (Å²) in [5, 5.41) is 0. The van der Waals surface area contributed by atoms with E-state index in [0.29, 0.717) is 0 Å². The first kappa shape index (κ1) is 12.2. The van der Waals surface area contributed by atoms with Crippen molar-refractivity contribution in [3.8, 4) is 0 Å². The maximum Gasteiger partial charge on any atom is 0.391 e. The number of alkyl halides is 3. The monoisotopic (exact) mass is 200 g/mol. The van der Waals surface area contributed by atoms with Gasteiger partial charge in [0.2, 0.25) is 5.91 Å². The summed E-state index contributed by atoms with van der Waals surface area (Å²) in [7, 11) is 0. The van der Waals surface area contributed by atoms with Crippen LogP contribution < -0.4 is 11.3 Å². The van der Waals surface area contributed by atoms with Gasteiger partial charge in [0.05, 0.1) is 26.1 Å². The zero-order chi connectivity index (χ0) is 10.3. The van der Waals surface area contributed by atoms with Crippen LogP contribution in [0.15, 0.2) is 0 Å². The molecule has 1 amide bonds. The molecule has 7 heteroatoms. The largest absolute Gasteiger partial charge is 0.391 e. The van der Waals surface area contributed by atoms with Gasteiger partial charge in [0.15, 0.2) is 0 Å². The van der Waals surface area contributed by atoms with Gasteiger partial charge in [0.1, 0.15) is 0 Å². The van der Waals surface area contributed by atoms with Crippen LogP contribution in [0.2, 0.25) is 0 Å². The summed E-state index contributed by atoms with van der Waals surface area (Å²) in [5.74, 6) is 4.26. The average molecular weight is 200 g/mol. The molecule has 0 aromatic heterocycles. The summed E-state index contributed by atoms with van der Waals surface area (Å²) >= 11 is 0. The Morgan fingerprint density at radius 2 is 2.00 bits per heavy atom. The van der Waals surface area contributed by atoms with Crippen molar-refractivity contribution in [1.29, 1.82) is 0 Å². The van der Waals surface area contributed by atoms with Crippen molar-refractivity contribution in [2.45, 2.75) is 19.0 Å². The van der Waals surface area contributed by atoms with E-state index >= 15 is 0 Å². The van der Waals surface area contributed by atoms with E-state index in [0.717, 1.165) is 0 Å². The fraction of sp³-hybridized carbons (Fsp3) is 0.833. The minimum absolute atomic E-state index is 0.0334. The molecular formula is C6H11F3N2O2. The topological polar surface area (TPSA) is 64.3 Å². The maximum atomic E-state index is 11.5. The number of hydrogen-bond donors (Lipinski definition) is 2. The van der Waals surface area contributed by atoms with Crippen LogP contribution in [0.4, 0.5) is 13.2 Å². The Morgan fingerprint density at radius 3 is 2.46 bits per heavy atom. The second-order valence-electron chi connectivity index (χ2n) is 2.30. The van der Waals surface area contributed by atoms with Crippen molar-refractivity contribution in [2.75, 3.05) is 13.2 Å². The van der Waals surface area contributed by atoms with Crippen LogP contribution in [0, 0.1) is 0 Å². The lowest BCUT2D eigenvalue weighted by Gasteiger charge is -2.06. The number of nitrogens with two attached hydrogens (primary N) is 1. The van der Waals surface area contributed by atoms with E-state index in [-0.39, 0.29) is 13.0 Å². The lowest BCUT2D eigenvalue weighted by molar-refractivity contribution is -0.145. The van der Waals surface area contributed by atoms with Gasteiger partial charge in [-0.2, -0.15) is 13.2 Å². The van der Waals surface area contributed by atoms with Crippen LogP contribution in [0.5, 0.6) is 0 Å². The Bertz CT molecular complexity index is 160. The van der Waals surface area contributed by atoms with Crippen LogP contribution in [-0.4, -0.2) is 25.3 Å². The molecule has 4 nitrogen and oxygen atoms in total. The van der Waals surface area contributed by atoms with Gasteiger partial charge in [-0.25, -0.2) is 5.84 Å². The van der Waals surface area contributed by atoms with E-state index in [2.05, 4.69) is 4.74 Å².